The lowest BCUT2D eigenvalue weighted by atomic mass is 10.3. The minimum absolute atomic E-state index is 0.220. The van der Waals surface area contributed by atoms with E-state index in [0.717, 1.165) is 0 Å². The van der Waals surface area contributed by atoms with E-state index < -0.39 is 12.3 Å². The minimum atomic E-state index is -0.942. The molecular formula is C14H15NO4. The molecule has 0 aliphatic carbocycles. The van der Waals surface area contributed by atoms with Gasteiger partial charge in [-0.3, -0.25) is 4.98 Å². The monoisotopic (exact) mass is 261 g/mol. The van der Waals surface area contributed by atoms with Gasteiger partial charge in [0.1, 0.15) is 5.75 Å². The largest absolute Gasteiger partial charge is 0.478 e. The standard InChI is InChI=1S/C8H10O2.C6H5NO2/c1-7(9)10-8-5-3-2-4-6-8;8-6(9)5-2-1-3-7-4-5/h2-7,9H,1H3;1-4H,(H,8,9). The predicted octanol–water partition coefficient (Wildman–Crippen LogP) is 2.18. The maximum Gasteiger partial charge on any atom is 0.337 e. The molecule has 5 nitrogen and oxygen atoms in total. The van der Waals surface area contributed by atoms with Crippen molar-refractivity contribution >= 4 is 5.97 Å². The summed E-state index contributed by atoms with van der Waals surface area (Å²) in [6, 6.07) is 12.3. The molecule has 0 radical (unpaired) electrons. The molecule has 1 heterocycles. The number of ether oxygens (including phenoxy) is 1. The maximum absolute atomic E-state index is 10.2. The summed E-state index contributed by atoms with van der Waals surface area (Å²) in [6.45, 7) is 1.58. The van der Waals surface area contributed by atoms with Crippen LogP contribution in [0.2, 0.25) is 0 Å². The van der Waals surface area contributed by atoms with Crippen LogP contribution in [0.1, 0.15) is 17.3 Å². The first kappa shape index (κ1) is 14.7. The fraction of sp³-hybridized carbons (Fsp3) is 0.143. The fourth-order valence-corrected chi connectivity index (χ4v) is 1.19. The van der Waals surface area contributed by atoms with Crippen molar-refractivity contribution in [1.29, 1.82) is 0 Å². The Hall–Kier alpha value is -2.40. The summed E-state index contributed by atoms with van der Waals surface area (Å²) in [5.41, 5.74) is 0.220. The third-order valence-electron chi connectivity index (χ3n) is 1.96. The van der Waals surface area contributed by atoms with E-state index in [1.807, 2.05) is 18.2 Å². The van der Waals surface area contributed by atoms with E-state index in [-0.39, 0.29) is 5.56 Å². The van der Waals surface area contributed by atoms with Crippen LogP contribution in [0.25, 0.3) is 0 Å². The molecule has 0 bridgehead atoms. The number of carbonyl (C=O) groups is 1. The number of carboxylic acid groups (broad SMARTS) is 1. The van der Waals surface area contributed by atoms with E-state index in [1.54, 1.807) is 25.1 Å². The highest BCUT2D eigenvalue weighted by atomic mass is 16.6. The Morgan fingerprint density at radius 1 is 1.21 bits per heavy atom. The molecular weight excluding hydrogens is 246 g/mol. The van der Waals surface area contributed by atoms with Crippen LogP contribution in [0.4, 0.5) is 0 Å². The predicted molar refractivity (Wildman–Crippen MR) is 69.9 cm³/mol. The van der Waals surface area contributed by atoms with E-state index in [0.29, 0.717) is 5.75 Å². The van der Waals surface area contributed by atoms with Crippen LogP contribution in [0.3, 0.4) is 0 Å². The second kappa shape index (κ2) is 7.84. The van der Waals surface area contributed by atoms with Crippen molar-refractivity contribution in [2.45, 2.75) is 13.2 Å². The Morgan fingerprint density at radius 3 is 2.32 bits per heavy atom. The average Bonchev–Trinajstić information content (AvgIpc) is 2.41. The number of aromatic carboxylic acids is 1. The molecule has 1 aromatic carbocycles. The highest BCUT2D eigenvalue weighted by Gasteiger charge is 1.97. The third kappa shape index (κ3) is 6.18. The summed E-state index contributed by atoms with van der Waals surface area (Å²) in [5, 5.41) is 17.1. The van der Waals surface area contributed by atoms with Gasteiger partial charge in [0.15, 0.2) is 6.29 Å². The average molecular weight is 261 g/mol. The first-order valence-corrected chi connectivity index (χ1v) is 5.62. The molecule has 100 valence electrons. The van der Waals surface area contributed by atoms with E-state index in [4.69, 9.17) is 14.9 Å². The van der Waals surface area contributed by atoms with Crippen molar-refractivity contribution in [1.82, 2.24) is 4.98 Å². The van der Waals surface area contributed by atoms with Crippen LogP contribution in [0, 0.1) is 0 Å². The zero-order chi connectivity index (χ0) is 14.1. The Morgan fingerprint density at radius 2 is 1.89 bits per heavy atom. The highest BCUT2D eigenvalue weighted by Crippen LogP contribution is 2.09. The number of benzene rings is 1. The Bertz CT molecular complexity index is 485. The summed E-state index contributed by atoms with van der Waals surface area (Å²) in [7, 11) is 0. The van der Waals surface area contributed by atoms with Gasteiger partial charge in [0.2, 0.25) is 0 Å². The Labute approximate surface area is 111 Å². The number of hydrogen-bond acceptors (Lipinski definition) is 4. The van der Waals surface area contributed by atoms with Gasteiger partial charge in [-0.05, 0) is 31.2 Å². The van der Waals surface area contributed by atoms with Crippen LogP contribution < -0.4 is 4.74 Å². The SMILES string of the molecule is CC(O)Oc1ccccc1.O=C(O)c1cccnc1. The first-order valence-electron chi connectivity index (χ1n) is 5.62. The molecule has 0 spiro atoms. The van der Waals surface area contributed by atoms with Gasteiger partial charge in [-0.1, -0.05) is 18.2 Å². The minimum Gasteiger partial charge on any atom is -0.478 e. The molecule has 0 fully saturated rings. The number of nitrogens with zero attached hydrogens (tertiary/aromatic N) is 1. The van der Waals surface area contributed by atoms with Crippen LogP contribution in [0.5, 0.6) is 5.75 Å². The van der Waals surface area contributed by atoms with Crippen molar-refractivity contribution < 1.29 is 19.7 Å². The molecule has 0 saturated carbocycles. The molecule has 2 N–H and O–H groups in total. The maximum atomic E-state index is 10.2. The smallest absolute Gasteiger partial charge is 0.337 e. The van der Waals surface area contributed by atoms with Gasteiger partial charge in [-0.15, -0.1) is 0 Å². The number of aliphatic hydroxyl groups excluding tert-OH is 1. The number of pyridine rings is 1. The summed E-state index contributed by atoms with van der Waals surface area (Å²) in [5.74, 6) is -0.249. The lowest BCUT2D eigenvalue weighted by Gasteiger charge is -2.06. The van der Waals surface area contributed by atoms with Gasteiger partial charge in [-0.25, -0.2) is 4.79 Å². The second-order valence-corrected chi connectivity index (χ2v) is 3.58. The molecule has 2 rings (SSSR count). The highest BCUT2D eigenvalue weighted by molar-refractivity contribution is 5.86. The Kier molecular flexibility index (Phi) is 6.05. The lowest BCUT2D eigenvalue weighted by Crippen LogP contribution is -2.08. The van der Waals surface area contributed by atoms with E-state index in [9.17, 15) is 4.79 Å². The first-order chi connectivity index (χ1) is 9.09. The quantitative estimate of drug-likeness (QED) is 0.828. The summed E-state index contributed by atoms with van der Waals surface area (Å²) in [4.78, 5) is 13.8. The van der Waals surface area contributed by atoms with Gasteiger partial charge < -0.3 is 14.9 Å². The molecule has 0 saturated heterocycles. The number of para-hydroxylation sites is 1. The third-order valence-corrected chi connectivity index (χ3v) is 1.96. The number of carboxylic acids is 1. The number of hydrogen-bond donors (Lipinski definition) is 2. The molecule has 2 aromatic rings. The van der Waals surface area contributed by atoms with E-state index >= 15 is 0 Å². The van der Waals surface area contributed by atoms with E-state index in [2.05, 4.69) is 4.98 Å². The number of rotatable bonds is 3. The van der Waals surface area contributed by atoms with Gasteiger partial charge >= 0.3 is 5.97 Å². The van der Waals surface area contributed by atoms with Gasteiger partial charge in [-0.2, -0.15) is 0 Å². The molecule has 1 atom stereocenters. The Balaban J connectivity index is 0.000000191. The summed E-state index contributed by atoms with van der Waals surface area (Å²) >= 11 is 0. The summed E-state index contributed by atoms with van der Waals surface area (Å²) < 4.78 is 4.97. The van der Waals surface area contributed by atoms with Gasteiger partial charge in [0.25, 0.3) is 0 Å². The van der Waals surface area contributed by atoms with Gasteiger partial charge in [0, 0.05) is 12.4 Å². The van der Waals surface area contributed by atoms with Gasteiger partial charge in [0.05, 0.1) is 5.56 Å². The number of aliphatic hydroxyl groups is 1. The fourth-order valence-electron chi connectivity index (χ4n) is 1.19. The zero-order valence-corrected chi connectivity index (χ0v) is 10.4. The van der Waals surface area contributed by atoms with Crippen molar-refractivity contribution in [3.63, 3.8) is 0 Å². The topological polar surface area (TPSA) is 79.7 Å². The number of aromatic nitrogens is 1. The molecule has 19 heavy (non-hydrogen) atoms. The molecule has 0 aliphatic heterocycles. The van der Waals surface area contributed by atoms with Crippen molar-refractivity contribution in [3.05, 3.63) is 60.4 Å². The molecule has 0 amide bonds. The molecule has 1 unspecified atom stereocenters. The molecule has 5 heteroatoms. The normalized spacial score (nSPS) is 10.8. The van der Waals surface area contributed by atoms with Crippen LogP contribution in [-0.4, -0.2) is 27.5 Å². The van der Waals surface area contributed by atoms with E-state index in [1.165, 1.54) is 18.5 Å². The molecule has 0 aliphatic rings. The van der Waals surface area contributed by atoms with Crippen LogP contribution >= 0.6 is 0 Å². The van der Waals surface area contributed by atoms with Crippen molar-refractivity contribution in [2.24, 2.45) is 0 Å². The summed E-state index contributed by atoms with van der Waals surface area (Å²) in [6.07, 6.45) is 2.11. The second-order valence-electron chi connectivity index (χ2n) is 3.58. The zero-order valence-electron chi connectivity index (χ0n) is 10.4. The van der Waals surface area contributed by atoms with Crippen molar-refractivity contribution in [3.8, 4) is 5.75 Å². The lowest BCUT2D eigenvalue weighted by molar-refractivity contribution is -0.000296. The van der Waals surface area contributed by atoms with Crippen molar-refractivity contribution in [2.75, 3.05) is 0 Å². The van der Waals surface area contributed by atoms with Crippen LogP contribution in [0.15, 0.2) is 54.9 Å². The van der Waals surface area contributed by atoms with Crippen LogP contribution in [-0.2, 0) is 0 Å². The molecule has 1 aromatic heterocycles.